The van der Waals surface area contributed by atoms with E-state index in [4.69, 9.17) is 4.74 Å². The zero-order chi connectivity index (χ0) is 22.2. The average molecular weight is 429 g/mol. The topological polar surface area (TPSA) is 85.7 Å². The first-order chi connectivity index (χ1) is 14.1. The first kappa shape index (κ1) is 21.6. The van der Waals surface area contributed by atoms with E-state index in [1.165, 1.54) is 24.8 Å². The van der Waals surface area contributed by atoms with Crippen LogP contribution in [0.1, 0.15) is 33.2 Å². The third kappa shape index (κ3) is 3.82. The minimum Gasteiger partial charge on any atom is -0.465 e. The van der Waals surface area contributed by atoms with Crippen molar-refractivity contribution < 1.29 is 22.7 Å². The van der Waals surface area contributed by atoms with Crippen molar-refractivity contribution in [2.24, 2.45) is 0 Å². The fourth-order valence-corrected chi connectivity index (χ4v) is 4.66. The molecule has 0 amide bonds. The lowest BCUT2D eigenvalue weighted by molar-refractivity contribution is 0.0603. The van der Waals surface area contributed by atoms with Crippen molar-refractivity contribution in [2.75, 3.05) is 17.7 Å². The van der Waals surface area contributed by atoms with Gasteiger partial charge in [0.15, 0.2) is 0 Å². The molecule has 0 unspecified atom stereocenters. The predicted molar refractivity (Wildman–Crippen MR) is 117 cm³/mol. The summed E-state index contributed by atoms with van der Waals surface area (Å²) in [6.45, 7) is 5.35. The lowest BCUT2D eigenvalue weighted by Crippen LogP contribution is -2.44. The first-order valence-electron chi connectivity index (χ1n) is 9.35. The van der Waals surface area contributed by atoms with E-state index >= 15 is 0 Å². The Morgan fingerprint density at radius 1 is 1.07 bits per heavy atom. The highest BCUT2D eigenvalue weighted by atomic mass is 32.2. The Bertz CT molecular complexity index is 1240. The third-order valence-corrected chi connectivity index (χ3v) is 6.41. The van der Waals surface area contributed by atoms with Crippen molar-refractivity contribution in [3.05, 3.63) is 65.4 Å². The van der Waals surface area contributed by atoms with Crippen LogP contribution in [-0.2, 0) is 14.8 Å². The summed E-state index contributed by atoms with van der Waals surface area (Å²) in [6.07, 6.45) is 2.47. The fraction of sp³-hybridized carbons (Fsp3) is 0.273. The average Bonchev–Trinajstić information content (AvgIpc) is 3.08. The number of aromatic nitrogens is 1. The molecule has 0 saturated heterocycles. The molecule has 1 heterocycles. The van der Waals surface area contributed by atoms with Gasteiger partial charge in [0, 0.05) is 11.6 Å². The molecule has 158 valence electrons. The molecule has 0 spiro atoms. The van der Waals surface area contributed by atoms with Crippen LogP contribution < -0.4 is 4.31 Å². The number of benzene rings is 2. The Kier molecular flexibility index (Phi) is 5.72. The van der Waals surface area contributed by atoms with E-state index in [9.17, 15) is 18.0 Å². The number of hydrogen-bond acceptors (Lipinski definition) is 5. The zero-order valence-electron chi connectivity index (χ0n) is 17.5. The number of rotatable bonds is 5. The van der Waals surface area contributed by atoms with Crippen molar-refractivity contribution in [1.29, 1.82) is 0 Å². The van der Waals surface area contributed by atoms with Gasteiger partial charge in [-0.3, -0.25) is 13.7 Å². The van der Waals surface area contributed by atoms with E-state index in [2.05, 4.69) is 0 Å². The van der Waals surface area contributed by atoms with E-state index < -0.39 is 27.9 Å². The lowest BCUT2D eigenvalue weighted by Gasteiger charge is -2.28. The van der Waals surface area contributed by atoms with Crippen LogP contribution in [0, 0.1) is 13.8 Å². The summed E-state index contributed by atoms with van der Waals surface area (Å²) in [5, 5.41) is 0.557. The second kappa shape index (κ2) is 7.95. The van der Waals surface area contributed by atoms with Gasteiger partial charge >= 0.3 is 5.97 Å². The molecule has 3 aromatic rings. The van der Waals surface area contributed by atoms with Crippen LogP contribution in [0.25, 0.3) is 10.9 Å². The molecule has 3 rings (SSSR count). The summed E-state index contributed by atoms with van der Waals surface area (Å²) in [6, 6.07) is 11.1. The van der Waals surface area contributed by atoms with Gasteiger partial charge in [0.1, 0.15) is 6.04 Å². The van der Waals surface area contributed by atoms with Crippen LogP contribution in [0.4, 0.5) is 5.69 Å². The number of hydrogen-bond donors (Lipinski definition) is 0. The number of sulfonamides is 1. The summed E-state index contributed by atoms with van der Waals surface area (Å²) >= 11 is 0. The molecular formula is C22H24N2O5S. The smallest absolute Gasteiger partial charge is 0.340 e. The monoisotopic (exact) mass is 428 g/mol. The molecule has 0 aliphatic carbocycles. The highest BCUT2D eigenvalue weighted by molar-refractivity contribution is 7.92. The molecule has 0 aliphatic rings. The number of ether oxygens (including phenoxy) is 1. The van der Waals surface area contributed by atoms with Gasteiger partial charge in [-0.25, -0.2) is 13.2 Å². The van der Waals surface area contributed by atoms with Gasteiger partial charge in [-0.15, -0.1) is 0 Å². The van der Waals surface area contributed by atoms with Crippen LogP contribution >= 0.6 is 0 Å². The Labute approximate surface area is 175 Å². The number of para-hydroxylation sites is 1. The molecule has 0 aliphatic heterocycles. The summed E-state index contributed by atoms with van der Waals surface area (Å²) in [5.41, 5.74) is 3.09. The fourth-order valence-electron chi connectivity index (χ4n) is 3.50. The maximum atomic E-state index is 13.4. The second-order valence-corrected chi connectivity index (χ2v) is 9.12. The normalized spacial score (nSPS) is 12.6. The van der Waals surface area contributed by atoms with Crippen LogP contribution in [0.5, 0.6) is 0 Å². The predicted octanol–water partition coefficient (Wildman–Crippen LogP) is 3.54. The zero-order valence-corrected chi connectivity index (χ0v) is 18.4. The van der Waals surface area contributed by atoms with Gasteiger partial charge < -0.3 is 4.74 Å². The van der Waals surface area contributed by atoms with Gasteiger partial charge in [0.25, 0.3) is 5.91 Å². The van der Waals surface area contributed by atoms with Crippen molar-refractivity contribution in [1.82, 2.24) is 4.57 Å². The van der Waals surface area contributed by atoms with Crippen LogP contribution in [0.2, 0.25) is 0 Å². The molecule has 2 aromatic carbocycles. The van der Waals surface area contributed by atoms with Gasteiger partial charge in [0.05, 0.1) is 30.1 Å². The number of esters is 1. The largest absolute Gasteiger partial charge is 0.465 e. The standard InChI is InChI=1S/C22H24N2O5S/c1-14-10-11-17(12-15(14)2)24(30(5,27)28)16(3)21(25)23-13-19(22(26)29-4)18-8-6-7-9-20(18)23/h6-13,16H,1-5H3/t16-/m0/s1. The van der Waals surface area contributed by atoms with Crippen molar-refractivity contribution in [2.45, 2.75) is 26.8 Å². The molecule has 0 bridgehead atoms. The summed E-state index contributed by atoms with van der Waals surface area (Å²) < 4.78 is 32.5. The number of nitrogens with zero attached hydrogens (tertiary/aromatic N) is 2. The Hall–Kier alpha value is -3.13. The van der Waals surface area contributed by atoms with Crippen molar-refractivity contribution in [3.8, 4) is 0 Å². The third-order valence-electron chi connectivity index (χ3n) is 5.17. The van der Waals surface area contributed by atoms with Gasteiger partial charge in [-0.05, 0) is 50.1 Å². The quantitative estimate of drug-likeness (QED) is 0.580. The van der Waals surface area contributed by atoms with Gasteiger partial charge in [-0.2, -0.15) is 0 Å². The van der Waals surface area contributed by atoms with E-state index in [1.54, 1.807) is 36.4 Å². The van der Waals surface area contributed by atoms with Crippen molar-refractivity contribution >= 4 is 38.5 Å². The maximum absolute atomic E-state index is 13.4. The number of aryl methyl sites for hydroxylation is 2. The van der Waals surface area contributed by atoms with E-state index in [0.717, 1.165) is 21.7 Å². The molecule has 0 radical (unpaired) electrons. The van der Waals surface area contributed by atoms with Crippen LogP contribution in [0.15, 0.2) is 48.7 Å². The minimum absolute atomic E-state index is 0.241. The van der Waals surface area contributed by atoms with E-state index in [1.807, 2.05) is 19.9 Å². The number of carbonyl (C=O) groups excluding carboxylic acids is 2. The number of anilines is 1. The molecule has 30 heavy (non-hydrogen) atoms. The summed E-state index contributed by atoms with van der Waals surface area (Å²) in [4.78, 5) is 25.6. The molecular weight excluding hydrogens is 404 g/mol. The van der Waals surface area contributed by atoms with Crippen LogP contribution in [0.3, 0.4) is 0 Å². The Balaban J connectivity index is 2.13. The second-order valence-electron chi connectivity index (χ2n) is 7.26. The SMILES string of the molecule is COC(=O)c1cn(C(=O)[C@H](C)N(c2ccc(C)c(C)c2)S(C)(=O)=O)c2ccccc12. The molecule has 1 aromatic heterocycles. The summed E-state index contributed by atoms with van der Waals surface area (Å²) in [7, 11) is -2.49. The molecule has 0 N–H and O–H groups in total. The molecule has 0 fully saturated rings. The Morgan fingerprint density at radius 3 is 2.33 bits per heavy atom. The van der Waals surface area contributed by atoms with Crippen LogP contribution in [-0.4, -0.2) is 44.3 Å². The molecule has 1 atom stereocenters. The molecule has 7 nitrogen and oxygen atoms in total. The molecule has 8 heteroatoms. The number of methoxy groups -OCH3 is 1. The first-order valence-corrected chi connectivity index (χ1v) is 11.2. The number of fused-ring (bicyclic) bond motifs is 1. The van der Waals surface area contributed by atoms with Gasteiger partial charge in [0.2, 0.25) is 10.0 Å². The maximum Gasteiger partial charge on any atom is 0.340 e. The van der Waals surface area contributed by atoms with E-state index in [-0.39, 0.29) is 5.56 Å². The van der Waals surface area contributed by atoms with Gasteiger partial charge in [-0.1, -0.05) is 24.3 Å². The number of carbonyl (C=O) groups is 2. The highest BCUT2D eigenvalue weighted by Gasteiger charge is 2.31. The highest BCUT2D eigenvalue weighted by Crippen LogP contribution is 2.27. The lowest BCUT2D eigenvalue weighted by atomic mass is 10.1. The Morgan fingerprint density at radius 2 is 1.73 bits per heavy atom. The van der Waals surface area contributed by atoms with E-state index in [0.29, 0.717) is 16.6 Å². The summed E-state index contributed by atoms with van der Waals surface area (Å²) in [5.74, 6) is -1.05. The molecule has 0 saturated carbocycles. The van der Waals surface area contributed by atoms with Crippen molar-refractivity contribution in [3.63, 3.8) is 0 Å². The minimum atomic E-state index is -3.76.